The average Bonchev–Trinajstić information content (AvgIpc) is 3.00. The third-order valence-corrected chi connectivity index (χ3v) is 12.2. The summed E-state index contributed by atoms with van der Waals surface area (Å²) >= 11 is 0. The standard InChI is InChI=1S/C31H52O/c1-20(2)21(3)10-11-22(4)23-14-18-31(9)25-12-13-26-28(5,6)27(32)16-17-29(26,7)24(25)15-19-30(23,31)8/h20,22-23,26-27,32H,3,10-19H2,1-2,4-9H3/t22-,23-,26-,27+,29-,30-,31+/m1/s1. The van der Waals surface area contributed by atoms with Gasteiger partial charge in [0.2, 0.25) is 0 Å². The summed E-state index contributed by atoms with van der Waals surface area (Å²) in [6.07, 6.45) is 12.6. The highest BCUT2D eigenvalue weighted by Gasteiger charge is 2.63. The van der Waals surface area contributed by atoms with Gasteiger partial charge in [-0.1, -0.05) is 78.7 Å². The molecule has 0 aliphatic heterocycles. The van der Waals surface area contributed by atoms with Crippen molar-refractivity contribution in [2.75, 3.05) is 0 Å². The Kier molecular flexibility index (Phi) is 6.14. The summed E-state index contributed by atoms with van der Waals surface area (Å²) in [4.78, 5) is 0. The van der Waals surface area contributed by atoms with Crippen molar-refractivity contribution in [3.8, 4) is 0 Å². The van der Waals surface area contributed by atoms with Crippen molar-refractivity contribution < 1.29 is 5.11 Å². The van der Waals surface area contributed by atoms with Gasteiger partial charge in [0.1, 0.15) is 0 Å². The molecule has 1 heteroatoms. The lowest BCUT2D eigenvalue weighted by atomic mass is 9.43. The molecular formula is C31H52O. The van der Waals surface area contributed by atoms with E-state index in [1.54, 1.807) is 0 Å². The van der Waals surface area contributed by atoms with E-state index in [0.29, 0.717) is 28.1 Å². The van der Waals surface area contributed by atoms with Crippen molar-refractivity contribution in [3.05, 3.63) is 23.3 Å². The minimum Gasteiger partial charge on any atom is -0.393 e. The molecule has 0 aromatic rings. The molecule has 0 aromatic heterocycles. The molecule has 4 aliphatic rings. The summed E-state index contributed by atoms with van der Waals surface area (Å²) in [6.45, 7) is 24.1. The maximum atomic E-state index is 10.8. The van der Waals surface area contributed by atoms with Gasteiger partial charge in [0.05, 0.1) is 6.10 Å². The van der Waals surface area contributed by atoms with Crippen molar-refractivity contribution in [2.45, 2.75) is 126 Å². The maximum absolute atomic E-state index is 10.8. The van der Waals surface area contributed by atoms with Crippen LogP contribution in [-0.2, 0) is 0 Å². The van der Waals surface area contributed by atoms with E-state index < -0.39 is 0 Å². The molecule has 0 amide bonds. The monoisotopic (exact) mass is 440 g/mol. The van der Waals surface area contributed by atoms with E-state index in [1.807, 2.05) is 11.1 Å². The first-order valence-corrected chi connectivity index (χ1v) is 13.9. The molecule has 32 heavy (non-hydrogen) atoms. The molecule has 0 bridgehead atoms. The predicted molar refractivity (Wildman–Crippen MR) is 137 cm³/mol. The molecule has 0 heterocycles. The van der Waals surface area contributed by atoms with Crippen LogP contribution in [0.1, 0.15) is 120 Å². The summed E-state index contributed by atoms with van der Waals surface area (Å²) in [5.41, 5.74) is 6.32. The first kappa shape index (κ1) is 24.6. The predicted octanol–water partition coefficient (Wildman–Crippen LogP) is 8.73. The van der Waals surface area contributed by atoms with Crippen LogP contribution in [0.3, 0.4) is 0 Å². The summed E-state index contributed by atoms with van der Waals surface area (Å²) < 4.78 is 0. The number of allylic oxidation sites excluding steroid dienone is 3. The van der Waals surface area contributed by atoms with Gasteiger partial charge < -0.3 is 5.11 Å². The number of hydrogen-bond acceptors (Lipinski definition) is 1. The van der Waals surface area contributed by atoms with E-state index in [1.165, 1.54) is 63.4 Å². The normalized spacial score (nSPS) is 44.1. The zero-order chi connectivity index (χ0) is 23.7. The van der Waals surface area contributed by atoms with Gasteiger partial charge in [-0.25, -0.2) is 0 Å². The molecule has 2 saturated carbocycles. The van der Waals surface area contributed by atoms with E-state index in [0.717, 1.165) is 18.3 Å². The van der Waals surface area contributed by atoms with E-state index in [4.69, 9.17) is 0 Å². The number of hydrogen-bond donors (Lipinski definition) is 1. The topological polar surface area (TPSA) is 20.2 Å². The summed E-state index contributed by atoms with van der Waals surface area (Å²) in [5, 5.41) is 10.8. The van der Waals surface area contributed by atoms with Crippen LogP contribution in [0.25, 0.3) is 0 Å². The lowest BCUT2D eigenvalue weighted by molar-refractivity contribution is -0.0962. The Morgan fingerprint density at radius 1 is 0.938 bits per heavy atom. The van der Waals surface area contributed by atoms with Crippen molar-refractivity contribution in [2.24, 2.45) is 45.3 Å². The number of aliphatic hydroxyl groups excluding tert-OH is 1. The Bertz CT molecular complexity index is 786. The molecule has 0 aromatic carbocycles. The lowest BCUT2D eigenvalue weighted by Gasteiger charge is -2.62. The molecule has 0 spiro atoms. The summed E-state index contributed by atoms with van der Waals surface area (Å²) in [7, 11) is 0. The Labute approximate surface area is 199 Å². The fraction of sp³-hybridized carbons (Fsp3) is 0.871. The van der Waals surface area contributed by atoms with Gasteiger partial charge in [0.15, 0.2) is 0 Å². The molecule has 0 unspecified atom stereocenters. The Morgan fingerprint density at radius 3 is 2.28 bits per heavy atom. The molecule has 4 aliphatic carbocycles. The first-order chi connectivity index (χ1) is 14.8. The molecular weight excluding hydrogens is 388 g/mol. The van der Waals surface area contributed by atoms with E-state index in [2.05, 4.69) is 62.0 Å². The summed E-state index contributed by atoms with van der Waals surface area (Å²) in [6, 6.07) is 0. The number of fused-ring (bicyclic) bond motifs is 4. The SMILES string of the molecule is C=C(CC[C@@H](C)[C@H]1CC[C@@]2(C)C3=C(CC[C@]12C)[C@@]1(C)CC[C@H](O)C(C)(C)[C@H]1CC3)C(C)C. The fourth-order valence-corrected chi connectivity index (χ4v) is 9.53. The highest BCUT2D eigenvalue weighted by molar-refractivity contribution is 5.38. The highest BCUT2D eigenvalue weighted by atomic mass is 16.3. The van der Waals surface area contributed by atoms with Crippen LogP contribution in [0.15, 0.2) is 23.3 Å². The van der Waals surface area contributed by atoms with Gasteiger partial charge in [-0.05, 0) is 110 Å². The second kappa shape index (κ2) is 8.00. The van der Waals surface area contributed by atoms with Gasteiger partial charge in [0.25, 0.3) is 0 Å². The van der Waals surface area contributed by atoms with Crippen LogP contribution in [0.4, 0.5) is 0 Å². The second-order valence-corrected chi connectivity index (χ2v) is 14.1. The molecule has 4 rings (SSSR count). The molecule has 1 N–H and O–H groups in total. The molecule has 182 valence electrons. The zero-order valence-electron chi connectivity index (χ0n) is 22.6. The molecule has 0 saturated heterocycles. The molecule has 1 nitrogen and oxygen atoms in total. The van der Waals surface area contributed by atoms with Crippen LogP contribution in [0, 0.1) is 45.3 Å². The van der Waals surface area contributed by atoms with Crippen molar-refractivity contribution in [3.63, 3.8) is 0 Å². The third-order valence-electron chi connectivity index (χ3n) is 12.2. The lowest BCUT2D eigenvalue weighted by Crippen LogP contribution is -2.55. The quantitative estimate of drug-likeness (QED) is 0.424. The largest absolute Gasteiger partial charge is 0.393 e. The van der Waals surface area contributed by atoms with Crippen LogP contribution in [0.5, 0.6) is 0 Å². The maximum Gasteiger partial charge on any atom is 0.0594 e. The Morgan fingerprint density at radius 2 is 1.62 bits per heavy atom. The van der Waals surface area contributed by atoms with Gasteiger partial charge in [-0.2, -0.15) is 0 Å². The number of rotatable bonds is 5. The minimum atomic E-state index is -0.135. The van der Waals surface area contributed by atoms with Gasteiger partial charge in [-0.15, -0.1) is 0 Å². The van der Waals surface area contributed by atoms with Gasteiger partial charge in [-0.3, -0.25) is 0 Å². The van der Waals surface area contributed by atoms with Crippen molar-refractivity contribution in [1.29, 1.82) is 0 Å². The smallest absolute Gasteiger partial charge is 0.0594 e. The van der Waals surface area contributed by atoms with E-state index in [-0.39, 0.29) is 11.5 Å². The van der Waals surface area contributed by atoms with Gasteiger partial charge in [0, 0.05) is 0 Å². The molecule has 0 radical (unpaired) electrons. The van der Waals surface area contributed by atoms with Crippen molar-refractivity contribution >= 4 is 0 Å². The minimum absolute atomic E-state index is 0.0404. The van der Waals surface area contributed by atoms with Crippen LogP contribution in [0.2, 0.25) is 0 Å². The molecule has 7 atom stereocenters. The summed E-state index contributed by atoms with van der Waals surface area (Å²) in [5.74, 6) is 2.87. The zero-order valence-corrected chi connectivity index (χ0v) is 22.6. The Balaban J connectivity index is 1.62. The molecule has 2 fully saturated rings. The van der Waals surface area contributed by atoms with Crippen LogP contribution < -0.4 is 0 Å². The first-order valence-electron chi connectivity index (χ1n) is 13.9. The van der Waals surface area contributed by atoms with Crippen LogP contribution >= 0.6 is 0 Å². The van der Waals surface area contributed by atoms with Gasteiger partial charge >= 0.3 is 0 Å². The average molecular weight is 441 g/mol. The van der Waals surface area contributed by atoms with Crippen molar-refractivity contribution in [1.82, 2.24) is 0 Å². The van der Waals surface area contributed by atoms with E-state index >= 15 is 0 Å². The second-order valence-electron chi connectivity index (χ2n) is 14.1. The third kappa shape index (κ3) is 3.34. The fourth-order valence-electron chi connectivity index (χ4n) is 9.53. The van der Waals surface area contributed by atoms with E-state index in [9.17, 15) is 5.11 Å². The van der Waals surface area contributed by atoms with Crippen LogP contribution in [-0.4, -0.2) is 11.2 Å². The Hall–Kier alpha value is -0.560. The highest BCUT2D eigenvalue weighted by Crippen LogP contribution is 2.72. The number of aliphatic hydroxyl groups is 1.